The minimum Gasteiger partial charge on any atom is -0.325 e. The van der Waals surface area contributed by atoms with Crippen LogP contribution in [0.5, 0.6) is 0 Å². The van der Waals surface area contributed by atoms with Crippen molar-refractivity contribution in [3.63, 3.8) is 0 Å². The summed E-state index contributed by atoms with van der Waals surface area (Å²) in [5.41, 5.74) is 2.73. The number of nitrogens with one attached hydrogen (secondary N) is 1. The Labute approximate surface area is 178 Å². The van der Waals surface area contributed by atoms with Crippen LogP contribution in [-0.2, 0) is 4.79 Å². The molecule has 0 radical (unpaired) electrons. The normalized spacial score (nSPS) is 16.4. The number of carbonyl (C=O) groups excluding carboxylic acids is 1. The second kappa shape index (κ2) is 9.86. The lowest BCUT2D eigenvalue weighted by atomic mass is 9.95. The number of halogens is 1. The van der Waals surface area contributed by atoms with Gasteiger partial charge in [0.15, 0.2) is 0 Å². The number of likely N-dealkylation sites (tertiary alicyclic amines) is 1. The van der Waals surface area contributed by atoms with E-state index in [1.54, 1.807) is 6.20 Å². The number of nitrogens with zero attached hydrogens (tertiary/aromatic N) is 2. The minimum atomic E-state index is 0.0201. The van der Waals surface area contributed by atoms with E-state index in [1.165, 1.54) is 0 Å². The lowest BCUT2D eigenvalue weighted by Gasteiger charge is -2.31. The number of aryl methyl sites for hydroxylation is 1. The first-order valence-electron chi connectivity index (χ1n) is 10.0. The van der Waals surface area contributed by atoms with E-state index in [4.69, 9.17) is 11.6 Å². The zero-order valence-electron chi connectivity index (χ0n) is 17.1. The van der Waals surface area contributed by atoms with E-state index in [0.29, 0.717) is 5.03 Å². The number of piperidine rings is 1. The van der Waals surface area contributed by atoms with Crippen molar-refractivity contribution in [2.45, 2.75) is 26.7 Å². The summed E-state index contributed by atoms with van der Waals surface area (Å²) in [4.78, 5) is 19.5. The second-order valence-corrected chi connectivity index (χ2v) is 7.89. The van der Waals surface area contributed by atoms with Crippen molar-refractivity contribution < 1.29 is 4.79 Å². The third-order valence-corrected chi connectivity index (χ3v) is 5.80. The van der Waals surface area contributed by atoms with Crippen molar-refractivity contribution in [1.29, 1.82) is 0 Å². The number of pyridine rings is 1. The van der Waals surface area contributed by atoms with Crippen molar-refractivity contribution in [2.24, 2.45) is 5.92 Å². The van der Waals surface area contributed by atoms with Gasteiger partial charge in [-0.1, -0.05) is 42.5 Å². The molecule has 1 N–H and O–H groups in total. The van der Waals surface area contributed by atoms with Crippen molar-refractivity contribution in [2.75, 3.05) is 25.0 Å². The lowest BCUT2D eigenvalue weighted by molar-refractivity contribution is -0.121. The summed E-state index contributed by atoms with van der Waals surface area (Å²) in [7, 11) is 0. The van der Waals surface area contributed by atoms with Gasteiger partial charge < -0.3 is 5.32 Å². The second-order valence-electron chi connectivity index (χ2n) is 7.48. The summed E-state index contributed by atoms with van der Waals surface area (Å²) in [6.07, 6.45) is 9.17. The summed E-state index contributed by atoms with van der Waals surface area (Å²) in [6.45, 7) is 10.5. The monoisotopic (exact) mass is 409 g/mol. The van der Waals surface area contributed by atoms with Crippen LogP contribution in [0.2, 0.25) is 0 Å². The fraction of sp³-hybridized carbons (Fsp3) is 0.333. The quantitative estimate of drug-likeness (QED) is 0.645. The van der Waals surface area contributed by atoms with E-state index in [2.05, 4.69) is 21.8 Å². The molecule has 29 heavy (non-hydrogen) atoms. The number of hydrogen-bond acceptors (Lipinski definition) is 3. The molecule has 0 aliphatic carbocycles. The molecule has 0 unspecified atom stereocenters. The van der Waals surface area contributed by atoms with E-state index in [1.807, 2.05) is 56.3 Å². The predicted octanol–water partition coefficient (Wildman–Crippen LogP) is 5.45. The third kappa shape index (κ3) is 5.34. The zero-order chi connectivity index (χ0) is 20.8. The van der Waals surface area contributed by atoms with Gasteiger partial charge in [0.25, 0.3) is 0 Å². The van der Waals surface area contributed by atoms with Gasteiger partial charge >= 0.3 is 0 Å². The summed E-state index contributed by atoms with van der Waals surface area (Å²) < 4.78 is 0. The van der Waals surface area contributed by atoms with E-state index in [0.717, 1.165) is 60.2 Å². The number of benzene rings is 1. The standard InChI is InChI=1S/C24H28ClN3O/c1-4-5-8-22(25)17(2)16-28-14-11-19(12-15-28)24(29)27-23-9-6-7-20-18(3)26-13-10-21(20)23/h4-10,13,19H,2,11-12,14-16H2,1,3H3,(H,27,29)/b5-4-,22-8+. The Kier molecular flexibility index (Phi) is 7.24. The van der Waals surface area contributed by atoms with Gasteiger partial charge in [-0.15, -0.1) is 0 Å². The maximum absolute atomic E-state index is 12.9. The number of amides is 1. The van der Waals surface area contributed by atoms with Gasteiger partial charge in [-0.2, -0.15) is 0 Å². The maximum atomic E-state index is 12.9. The van der Waals surface area contributed by atoms with Crippen molar-refractivity contribution >= 4 is 34.0 Å². The number of anilines is 1. The van der Waals surface area contributed by atoms with Gasteiger partial charge in [-0.25, -0.2) is 0 Å². The van der Waals surface area contributed by atoms with Crippen LogP contribution in [0.25, 0.3) is 10.8 Å². The molecule has 0 atom stereocenters. The first-order chi connectivity index (χ1) is 14.0. The molecular weight excluding hydrogens is 382 g/mol. The van der Waals surface area contributed by atoms with Gasteiger partial charge in [0.2, 0.25) is 5.91 Å². The molecule has 4 nitrogen and oxygen atoms in total. The average molecular weight is 410 g/mol. The Morgan fingerprint density at radius 1 is 1.31 bits per heavy atom. The summed E-state index contributed by atoms with van der Waals surface area (Å²) in [5, 5.41) is 5.93. The highest BCUT2D eigenvalue weighted by molar-refractivity contribution is 6.32. The molecule has 5 heteroatoms. The molecule has 1 aliphatic heterocycles. The number of rotatable bonds is 6. The smallest absolute Gasteiger partial charge is 0.227 e. The molecule has 3 rings (SSSR count). The molecule has 1 aliphatic rings. The predicted molar refractivity (Wildman–Crippen MR) is 122 cm³/mol. The molecule has 1 saturated heterocycles. The van der Waals surface area contributed by atoms with E-state index >= 15 is 0 Å². The minimum absolute atomic E-state index is 0.0201. The van der Waals surface area contributed by atoms with Gasteiger partial charge in [0.1, 0.15) is 0 Å². The van der Waals surface area contributed by atoms with Gasteiger partial charge in [0.05, 0.1) is 0 Å². The molecule has 0 bridgehead atoms. The van der Waals surface area contributed by atoms with Crippen molar-refractivity contribution in [3.8, 4) is 0 Å². The lowest BCUT2D eigenvalue weighted by Crippen LogP contribution is -2.39. The molecule has 0 saturated carbocycles. The van der Waals surface area contributed by atoms with Gasteiger partial charge in [0, 0.05) is 45.8 Å². The van der Waals surface area contributed by atoms with Gasteiger partial charge in [-0.3, -0.25) is 14.7 Å². The summed E-state index contributed by atoms with van der Waals surface area (Å²) >= 11 is 6.27. The van der Waals surface area contributed by atoms with Crippen LogP contribution in [0.4, 0.5) is 5.69 Å². The van der Waals surface area contributed by atoms with Crippen molar-refractivity contribution in [1.82, 2.24) is 9.88 Å². The van der Waals surface area contributed by atoms with Crippen LogP contribution >= 0.6 is 11.6 Å². The molecule has 1 aromatic carbocycles. The number of aromatic nitrogens is 1. The molecule has 1 aromatic heterocycles. The highest BCUT2D eigenvalue weighted by atomic mass is 35.5. The first-order valence-corrected chi connectivity index (χ1v) is 10.4. The van der Waals surface area contributed by atoms with Crippen LogP contribution < -0.4 is 5.32 Å². The third-order valence-electron chi connectivity index (χ3n) is 5.41. The average Bonchev–Trinajstić information content (AvgIpc) is 2.73. The number of carbonyl (C=O) groups is 1. The molecule has 2 heterocycles. The Bertz CT molecular complexity index is 956. The SMILES string of the molecule is C=C(CN1CCC(C(=O)Nc2cccc3c(C)nccc23)CC1)/C(Cl)=C\C=C/C. The maximum Gasteiger partial charge on any atom is 0.227 e. The van der Waals surface area contributed by atoms with Crippen LogP contribution in [0.3, 0.4) is 0 Å². The Balaban J connectivity index is 1.57. The molecule has 0 spiro atoms. The number of allylic oxidation sites excluding steroid dienone is 3. The summed E-state index contributed by atoms with van der Waals surface area (Å²) in [5.74, 6) is 0.114. The highest BCUT2D eigenvalue weighted by Gasteiger charge is 2.25. The Morgan fingerprint density at radius 2 is 2.07 bits per heavy atom. The topological polar surface area (TPSA) is 45.2 Å². The Morgan fingerprint density at radius 3 is 2.79 bits per heavy atom. The van der Waals surface area contributed by atoms with Crippen LogP contribution in [0, 0.1) is 12.8 Å². The largest absolute Gasteiger partial charge is 0.325 e. The fourth-order valence-electron chi connectivity index (χ4n) is 3.69. The molecular formula is C24H28ClN3O. The first kappa shape index (κ1) is 21.3. The molecule has 1 amide bonds. The van der Waals surface area contributed by atoms with E-state index < -0.39 is 0 Å². The Hall–Kier alpha value is -2.43. The molecule has 2 aromatic rings. The highest BCUT2D eigenvalue weighted by Crippen LogP contribution is 2.27. The van der Waals surface area contributed by atoms with Crippen molar-refractivity contribution in [3.05, 3.63) is 71.6 Å². The fourth-order valence-corrected chi connectivity index (χ4v) is 3.83. The number of fused-ring (bicyclic) bond motifs is 1. The number of hydrogen-bond donors (Lipinski definition) is 1. The zero-order valence-corrected chi connectivity index (χ0v) is 17.9. The molecule has 1 fully saturated rings. The van der Waals surface area contributed by atoms with E-state index in [9.17, 15) is 4.79 Å². The van der Waals surface area contributed by atoms with E-state index in [-0.39, 0.29) is 11.8 Å². The van der Waals surface area contributed by atoms with Crippen LogP contribution in [0.1, 0.15) is 25.5 Å². The molecule has 152 valence electrons. The van der Waals surface area contributed by atoms with Crippen LogP contribution in [-0.4, -0.2) is 35.4 Å². The summed E-state index contributed by atoms with van der Waals surface area (Å²) in [6, 6.07) is 7.91. The van der Waals surface area contributed by atoms with Crippen LogP contribution in [0.15, 0.2) is 65.9 Å². The van der Waals surface area contributed by atoms with Gasteiger partial charge in [-0.05, 0) is 63.6 Å².